The number of amides is 2. The minimum atomic E-state index is -4.11. The highest BCUT2D eigenvalue weighted by Crippen LogP contribution is 2.27. The molecule has 0 aromatic heterocycles. The van der Waals surface area contributed by atoms with Crippen LogP contribution < -0.4 is 9.62 Å². The number of hydrogen-bond acceptors (Lipinski definition) is 4. The van der Waals surface area contributed by atoms with Crippen LogP contribution in [0.15, 0.2) is 77.7 Å². The van der Waals surface area contributed by atoms with Crippen LogP contribution in [0.3, 0.4) is 0 Å². The molecule has 1 N–H and O–H groups in total. The third-order valence-corrected chi connectivity index (χ3v) is 9.87. The first-order valence-corrected chi connectivity index (χ1v) is 16.3. The van der Waals surface area contributed by atoms with Gasteiger partial charge in [0.05, 0.1) is 10.6 Å². The highest BCUT2D eigenvalue weighted by Gasteiger charge is 2.33. The fourth-order valence-corrected chi connectivity index (χ4v) is 6.83. The third-order valence-electron chi connectivity index (χ3n) is 7.85. The van der Waals surface area contributed by atoms with E-state index in [-0.39, 0.29) is 29.3 Å². The number of halogens is 1. The summed E-state index contributed by atoms with van der Waals surface area (Å²) in [7, 11) is -4.11. The summed E-state index contributed by atoms with van der Waals surface area (Å²) in [6, 6.07) is 20.1. The van der Waals surface area contributed by atoms with Gasteiger partial charge in [-0.05, 0) is 80.1 Å². The van der Waals surface area contributed by atoms with Crippen molar-refractivity contribution >= 4 is 39.1 Å². The zero-order valence-corrected chi connectivity index (χ0v) is 26.3. The van der Waals surface area contributed by atoms with Gasteiger partial charge in [0.1, 0.15) is 12.6 Å². The SMILES string of the molecule is Cc1ccc(S(=O)(=O)N(CC(=O)N(Cc2cccc(Cl)c2)[C@@H](C)C(=O)NC2CCCC2)c2ccc(C(C)C)cc2)cc1. The van der Waals surface area contributed by atoms with Crippen molar-refractivity contribution < 1.29 is 18.0 Å². The van der Waals surface area contributed by atoms with Crippen molar-refractivity contribution in [2.75, 3.05) is 10.8 Å². The average Bonchev–Trinajstić information content (AvgIpc) is 3.47. The Labute approximate surface area is 254 Å². The molecular formula is C33H40ClN3O4S. The van der Waals surface area contributed by atoms with Crippen molar-refractivity contribution in [2.24, 2.45) is 0 Å². The summed E-state index contributed by atoms with van der Waals surface area (Å²) in [5.41, 5.74) is 3.09. The fraction of sp³-hybridized carbons (Fsp3) is 0.394. The molecule has 4 rings (SSSR count). The first-order chi connectivity index (χ1) is 20.0. The van der Waals surface area contributed by atoms with Gasteiger partial charge in [-0.3, -0.25) is 13.9 Å². The Kier molecular flexibility index (Phi) is 10.3. The largest absolute Gasteiger partial charge is 0.352 e. The van der Waals surface area contributed by atoms with Crippen molar-refractivity contribution in [3.05, 3.63) is 94.5 Å². The lowest BCUT2D eigenvalue weighted by molar-refractivity contribution is -0.139. The zero-order valence-electron chi connectivity index (χ0n) is 24.7. The van der Waals surface area contributed by atoms with Crippen molar-refractivity contribution in [3.63, 3.8) is 0 Å². The van der Waals surface area contributed by atoms with E-state index >= 15 is 0 Å². The number of hydrogen-bond donors (Lipinski definition) is 1. The molecule has 0 bridgehead atoms. The Balaban J connectivity index is 1.70. The summed E-state index contributed by atoms with van der Waals surface area (Å²) in [6.45, 7) is 7.31. The van der Waals surface area contributed by atoms with Gasteiger partial charge in [0.2, 0.25) is 11.8 Å². The van der Waals surface area contributed by atoms with Crippen molar-refractivity contribution in [3.8, 4) is 0 Å². The van der Waals surface area contributed by atoms with E-state index in [4.69, 9.17) is 11.6 Å². The molecule has 1 aliphatic carbocycles. The topological polar surface area (TPSA) is 86.8 Å². The monoisotopic (exact) mass is 609 g/mol. The maximum atomic E-state index is 14.1. The van der Waals surface area contributed by atoms with Gasteiger partial charge in [-0.1, -0.05) is 80.3 Å². The van der Waals surface area contributed by atoms with Crippen LogP contribution in [0.5, 0.6) is 0 Å². The molecule has 1 saturated carbocycles. The molecule has 9 heteroatoms. The van der Waals surface area contributed by atoms with Crippen molar-refractivity contribution in [1.82, 2.24) is 10.2 Å². The fourth-order valence-electron chi connectivity index (χ4n) is 5.20. The first kappa shape index (κ1) is 31.6. The quantitative estimate of drug-likeness (QED) is 0.271. The van der Waals surface area contributed by atoms with Gasteiger partial charge in [0.25, 0.3) is 10.0 Å². The summed E-state index contributed by atoms with van der Waals surface area (Å²) >= 11 is 6.23. The third kappa shape index (κ3) is 7.72. The number of rotatable bonds is 11. The predicted octanol–water partition coefficient (Wildman–Crippen LogP) is 6.44. The summed E-state index contributed by atoms with van der Waals surface area (Å²) < 4.78 is 29.2. The maximum Gasteiger partial charge on any atom is 0.264 e. The van der Waals surface area contributed by atoms with E-state index in [1.807, 2.05) is 25.1 Å². The van der Waals surface area contributed by atoms with Crippen LogP contribution in [0.4, 0.5) is 5.69 Å². The molecule has 3 aromatic rings. The number of carbonyl (C=O) groups is 2. The Morgan fingerprint density at radius 1 is 0.952 bits per heavy atom. The molecule has 0 spiro atoms. The molecule has 0 saturated heterocycles. The van der Waals surface area contributed by atoms with E-state index in [2.05, 4.69) is 19.2 Å². The average molecular weight is 610 g/mol. The minimum absolute atomic E-state index is 0.0842. The number of sulfonamides is 1. The number of anilines is 1. The Bertz CT molecular complexity index is 1480. The molecule has 224 valence electrons. The van der Waals surface area contributed by atoms with Crippen LogP contribution in [0.1, 0.15) is 69.1 Å². The summed E-state index contributed by atoms with van der Waals surface area (Å²) in [5.74, 6) is -0.491. The minimum Gasteiger partial charge on any atom is -0.352 e. The lowest BCUT2D eigenvalue weighted by Crippen LogP contribution is -2.52. The maximum absolute atomic E-state index is 14.1. The van der Waals surface area contributed by atoms with Gasteiger partial charge < -0.3 is 10.2 Å². The number of nitrogens with zero attached hydrogens (tertiary/aromatic N) is 2. The van der Waals surface area contributed by atoms with E-state index in [1.54, 1.807) is 61.5 Å². The van der Waals surface area contributed by atoms with Gasteiger partial charge in [-0.25, -0.2) is 8.42 Å². The van der Waals surface area contributed by atoms with Gasteiger partial charge in [-0.15, -0.1) is 0 Å². The van der Waals surface area contributed by atoms with Crippen molar-refractivity contribution in [2.45, 2.75) is 82.8 Å². The van der Waals surface area contributed by atoms with Crippen LogP contribution in [0.2, 0.25) is 5.02 Å². The number of benzene rings is 3. The summed E-state index contributed by atoms with van der Waals surface area (Å²) in [6.07, 6.45) is 3.95. The molecule has 1 fully saturated rings. The molecule has 42 heavy (non-hydrogen) atoms. The van der Waals surface area contributed by atoms with E-state index < -0.39 is 28.5 Å². The molecule has 0 heterocycles. The van der Waals surface area contributed by atoms with Crippen molar-refractivity contribution in [1.29, 1.82) is 0 Å². The zero-order chi connectivity index (χ0) is 30.4. The smallest absolute Gasteiger partial charge is 0.264 e. The predicted molar refractivity (Wildman–Crippen MR) is 168 cm³/mol. The molecule has 1 atom stereocenters. The Morgan fingerprint density at radius 2 is 1.60 bits per heavy atom. The van der Waals surface area contributed by atoms with Gasteiger partial charge >= 0.3 is 0 Å². The van der Waals surface area contributed by atoms with Crippen LogP contribution in [-0.2, 0) is 26.2 Å². The van der Waals surface area contributed by atoms with E-state index in [1.165, 1.54) is 4.90 Å². The molecular weight excluding hydrogens is 570 g/mol. The lowest BCUT2D eigenvalue weighted by atomic mass is 10.0. The molecule has 0 aliphatic heterocycles. The van der Waals surface area contributed by atoms with E-state index in [0.717, 1.165) is 46.7 Å². The second-order valence-electron chi connectivity index (χ2n) is 11.4. The molecule has 1 aliphatic rings. The second kappa shape index (κ2) is 13.7. The van der Waals surface area contributed by atoms with Crippen LogP contribution in [-0.4, -0.2) is 43.8 Å². The summed E-state index contributed by atoms with van der Waals surface area (Å²) in [5, 5.41) is 3.59. The van der Waals surface area contributed by atoms with Gasteiger partial charge in [0.15, 0.2) is 0 Å². The molecule has 7 nitrogen and oxygen atoms in total. The van der Waals surface area contributed by atoms with Crippen LogP contribution in [0, 0.1) is 6.92 Å². The molecule has 3 aromatic carbocycles. The number of nitrogens with one attached hydrogen (secondary N) is 1. The Morgan fingerprint density at radius 3 is 2.19 bits per heavy atom. The normalized spacial score (nSPS) is 14.5. The molecule has 2 amide bonds. The summed E-state index contributed by atoms with van der Waals surface area (Å²) in [4.78, 5) is 29.0. The highest BCUT2D eigenvalue weighted by molar-refractivity contribution is 7.92. The number of carbonyl (C=O) groups excluding carboxylic acids is 2. The second-order valence-corrected chi connectivity index (χ2v) is 13.7. The van der Waals surface area contributed by atoms with E-state index in [0.29, 0.717) is 10.7 Å². The van der Waals surface area contributed by atoms with Crippen LogP contribution >= 0.6 is 11.6 Å². The highest BCUT2D eigenvalue weighted by atomic mass is 35.5. The first-order valence-electron chi connectivity index (χ1n) is 14.5. The standard InChI is InChI=1S/C33H40ClN3O4S/c1-23(2)27-14-16-30(17-15-27)37(42(40,41)31-18-12-24(3)13-19-31)22-32(38)36(21-26-8-7-9-28(34)20-26)25(4)33(39)35-29-10-5-6-11-29/h7-9,12-20,23,25,29H,5-6,10-11,21-22H2,1-4H3,(H,35,39)/t25-/m0/s1. The van der Waals surface area contributed by atoms with Crippen LogP contribution in [0.25, 0.3) is 0 Å². The molecule has 0 radical (unpaired) electrons. The number of aryl methyl sites for hydroxylation is 1. The molecule has 0 unspecified atom stereocenters. The lowest BCUT2D eigenvalue weighted by Gasteiger charge is -2.32. The van der Waals surface area contributed by atoms with Gasteiger partial charge in [0, 0.05) is 17.6 Å². The van der Waals surface area contributed by atoms with Gasteiger partial charge in [-0.2, -0.15) is 0 Å². The van der Waals surface area contributed by atoms with E-state index in [9.17, 15) is 18.0 Å². The Hall–Kier alpha value is -3.36.